The van der Waals surface area contributed by atoms with E-state index in [-0.39, 0.29) is 17.3 Å². The summed E-state index contributed by atoms with van der Waals surface area (Å²) in [5, 5.41) is 8.42. The predicted octanol–water partition coefficient (Wildman–Crippen LogP) is 2.10. The zero-order chi connectivity index (χ0) is 19.2. The Bertz CT molecular complexity index is 843. The van der Waals surface area contributed by atoms with E-state index in [1.54, 1.807) is 0 Å². The fourth-order valence-electron chi connectivity index (χ4n) is 2.53. The number of primary sulfonamides is 1. The van der Waals surface area contributed by atoms with Gasteiger partial charge in [0.25, 0.3) is 0 Å². The highest BCUT2D eigenvalue weighted by Gasteiger charge is 2.17. The van der Waals surface area contributed by atoms with Crippen LogP contribution in [0.5, 0.6) is 5.75 Å². The molecular weight excluding hydrogens is 357 g/mol. The summed E-state index contributed by atoms with van der Waals surface area (Å²) >= 11 is 0. The van der Waals surface area contributed by atoms with Crippen LogP contribution in [0.1, 0.15) is 12.5 Å². The van der Waals surface area contributed by atoms with Crippen LogP contribution in [0, 0.1) is 5.82 Å². The van der Waals surface area contributed by atoms with E-state index in [0.717, 1.165) is 43.0 Å². The van der Waals surface area contributed by atoms with Gasteiger partial charge in [-0.3, -0.25) is 0 Å². The third-order valence-electron chi connectivity index (χ3n) is 3.87. The first-order valence-corrected chi connectivity index (χ1v) is 9.82. The summed E-state index contributed by atoms with van der Waals surface area (Å²) < 4.78 is 42.3. The van der Waals surface area contributed by atoms with Crippen molar-refractivity contribution < 1.29 is 17.5 Å². The van der Waals surface area contributed by atoms with Gasteiger partial charge in [0.2, 0.25) is 10.0 Å². The summed E-state index contributed by atoms with van der Waals surface area (Å²) in [6.45, 7) is 4.74. The fourth-order valence-corrected chi connectivity index (χ4v) is 3.21. The van der Waals surface area contributed by atoms with E-state index in [1.807, 2.05) is 38.2 Å². The van der Waals surface area contributed by atoms with Crippen molar-refractivity contribution in [3.63, 3.8) is 0 Å². The molecule has 0 aromatic heterocycles. The number of benzene rings is 2. The van der Waals surface area contributed by atoms with Crippen molar-refractivity contribution in [2.45, 2.75) is 18.4 Å². The number of hydrogen-bond acceptors (Lipinski definition) is 5. The molecule has 3 N–H and O–H groups in total. The van der Waals surface area contributed by atoms with E-state index in [2.05, 4.69) is 10.2 Å². The first kappa shape index (κ1) is 20.2. The Morgan fingerprint density at radius 3 is 2.65 bits per heavy atom. The minimum absolute atomic E-state index is 0.0269. The van der Waals surface area contributed by atoms with Crippen LogP contribution >= 0.6 is 0 Å². The second kappa shape index (κ2) is 8.98. The summed E-state index contributed by atoms with van der Waals surface area (Å²) in [5.74, 6) is -0.663. The smallest absolute Gasteiger partial charge is 0.241 e. The molecule has 26 heavy (non-hydrogen) atoms. The van der Waals surface area contributed by atoms with Gasteiger partial charge in [0.05, 0.1) is 0 Å². The van der Waals surface area contributed by atoms with Crippen molar-refractivity contribution >= 4 is 15.7 Å². The first-order valence-electron chi connectivity index (χ1n) is 8.28. The number of nitrogens with two attached hydrogens (primary N) is 1. The molecule has 0 saturated carbocycles. The summed E-state index contributed by atoms with van der Waals surface area (Å²) in [6.07, 6.45) is 0. The Morgan fingerprint density at radius 1 is 1.23 bits per heavy atom. The summed E-state index contributed by atoms with van der Waals surface area (Å²) in [5.41, 5.74) is 1.86. The van der Waals surface area contributed by atoms with E-state index < -0.39 is 15.8 Å². The van der Waals surface area contributed by atoms with Gasteiger partial charge in [0, 0.05) is 31.4 Å². The van der Waals surface area contributed by atoms with E-state index >= 15 is 0 Å². The molecule has 0 amide bonds. The SMILES string of the molecule is CCNCCN(C)c1ccccc1COc1ccc(F)cc1S(N)(=O)=O. The zero-order valence-electron chi connectivity index (χ0n) is 14.9. The Balaban J connectivity index is 2.18. The third kappa shape index (κ3) is 5.42. The van der Waals surface area contributed by atoms with Gasteiger partial charge in [-0.1, -0.05) is 25.1 Å². The van der Waals surface area contributed by atoms with Crippen LogP contribution in [0.3, 0.4) is 0 Å². The molecule has 0 aliphatic rings. The third-order valence-corrected chi connectivity index (χ3v) is 4.80. The van der Waals surface area contributed by atoms with Crippen LogP contribution < -0.4 is 20.1 Å². The highest BCUT2D eigenvalue weighted by molar-refractivity contribution is 7.89. The van der Waals surface area contributed by atoms with E-state index in [4.69, 9.17) is 9.88 Å². The lowest BCUT2D eigenvalue weighted by Crippen LogP contribution is -2.29. The molecule has 2 aromatic carbocycles. The Morgan fingerprint density at radius 2 is 1.96 bits per heavy atom. The van der Waals surface area contributed by atoms with Gasteiger partial charge in [0.15, 0.2) is 0 Å². The van der Waals surface area contributed by atoms with Crippen molar-refractivity contribution in [1.82, 2.24) is 5.32 Å². The van der Waals surface area contributed by atoms with Crippen molar-refractivity contribution in [1.29, 1.82) is 0 Å². The molecule has 0 aliphatic carbocycles. The van der Waals surface area contributed by atoms with E-state index in [9.17, 15) is 12.8 Å². The molecule has 0 radical (unpaired) electrons. The molecule has 0 bridgehead atoms. The number of halogens is 1. The Kier molecular flexibility index (Phi) is 6.96. The normalized spacial score (nSPS) is 11.4. The van der Waals surface area contributed by atoms with Crippen molar-refractivity contribution in [3.8, 4) is 5.75 Å². The quantitative estimate of drug-likeness (QED) is 0.650. The van der Waals surface area contributed by atoms with Crippen LogP contribution in [0.25, 0.3) is 0 Å². The predicted molar refractivity (Wildman–Crippen MR) is 100 cm³/mol. The number of nitrogens with one attached hydrogen (secondary N) is 1. The minimum atomic E-state index is -4.09. The number of anilines is 1. The Labute approximate surface area is 153 Å². The summed E-state index contributed by atoms with van der Waals surface area (Å²) in [4.78, 5) is 1.72. The molecule has 2 aromatic rings. The molecule has 2 rings (SSSR count). The molecule has 0 saturated heterocycles. The van der Waals surface area contributed by atoms with Crippen LogP contribution in [0.15, 0.2) is 47.4 Å². The number of nitrogens with zero attached hydrogens (tertiary/aromatic N) is 1. The topological polar surface area (TPSA) is 84.7 Å². The van der Waals surface area contributed by atoms with Gasteiger partial charge in [-0.25, -0.2) is 17.9 Å². The van der Waals surface area contributed by atoms with Crippen LogP contribution in [0.2, 0.25) is 0 Å². The molecule has 0 aliphatic heterocycles. The standard InChI is InChI=1S/C18H24FN3O3S/c1-3-21-10-11-22(2)16-7-5-4-6-14(16)13-25-17-9-8-15(19)12-18(17)26(20,23)24/h4-9,12,21H,3,10-11,13H2,1-2H3,(H2,20,23,24). The lowest BCUT2D eigenvalue weighted by Gasteiger charge is -2.23. The second-order valence-corrected chi connectivity index (χ2v) is 7.36. The molecule has 8 heteroatoms. The fraction of sp³-hybridized carbons (Fsp3) is 0.333. The molecule has 142 valence electrons. The van der Waals surface area contributed by atoms with Crippen LogP contribution in [-0.2, 0) is 16.6 Å². The average molecular weight is 381 g/mol. The molecule has 0 heterocycles. The van der Waals surface area contributed by atoms with Crippen molar-refractivity contribution in [2.75, 3.05) is 31.6 Å². The van der Waals surface area contributed by atoms with E-state index in [1.165, 1.54) is 6.07 Å². The summed E-state index contributed by atoms with van der Waals surface area (Å²) in [6, 6.07) is 10.9. The molecule has 0 unspecified atom stereocenters. The number of likely N-dealkylation sites (N-methyl/N-ethyl adjacent to an activating group) is 2. The second-order valence-electron chi connectivity index (χ2n) is 5.83. The van der Waals surface area contributed by atoms with Gasteiger partial charge >= 0.3 is 0 Å². The number of hydrogen-bond donors (Lipinski definition) is 2. The summed E-state index contributed by atoms with van der Waals surface area (Å²) in [7, 11) is -2.11. The van der Waals surface area contributed by atoms with Gasteiger partial charge in [-0.15, -0.1) is 0 Å². The largest absolute Gasteiger partial charge is 0.487 e. The Hall–Kier alpha value is -2.16. The number of rotatable bonds is 9. The number of para-hydroxylation sites is 1. The van der Waals surface area contributed by atoms with Crippen LogP contribution in [-0.4, -0.2) is 35.1 Å². The lowest BCUT2D eigenvalue weighted by atomic mass is 10.1. The molecule has 0 spiro atoms. The van der Waals surface area contributed by atoms with Crippen molar-refractivity contribution in [3.05, 3.63) is 53.8 Å². The zero-order valence-corrected chi connectivity index (χ0v) is 15.7. The monoisotopic (exact) mass is 381 g/mol. The van der Waals surface area contributed by atoms with Crippen molar-refractivity contribution in [2.24, 2.45) is 5.14 Å². The van der Waals surface area contributed by atoms with Gasteiger partial charge in [0.1, 0.15) is 23.1 Å². The molecule has 0 fully saturated rings. The lowest BCUT2D eigenvalue weighted by molar-refractivity contribution is 0.297. The molecular formula is C18H24FN3O3S. The maximum atomic E-state index is 13.4. The van der Waals surface area contributed by atoms with E-state index in [0.29, 0.717) is 0 Å². The highest BCUT2D eigenvalue weighted by Crippen LogP contribution is 2.26. The maximum absolute atomic E-state index is 13.4. The van der Waals surface area contributed by atoms with Gasteiger partial charge < -0.3 is 15.0 Å². The minimum Gasteiger partial charge on any atom is -0.487 e. The molecule has 6 nitrogen and oxygen atoms in total. The number of sulfonamides is 1. The molecule has 0 atom stereocenters. The average Bonchev–Trinajstić information content (AvgIpc) is 2.60. The van der Waals surface area contributed by atoms with Gasteiger partial charge in [-0.2, -0.15) is 0 Å². The first-order chi connectivity index (χ1) is 12.3. The highest BCUT2D eigenvalue weighted by atomic mass is 32.2. The maximum Gasteiger partial charge on any atom is 0.241 e. The van der Waals surface area contributed by atoms with Gasteiger partial charge in [-0.05, 0) is 30.8 Å². The van der Waals surface area contributed by atoms with Crippen LogP contribution in [0.4, 0.5) is 10.1 Å². The number of ether oxygens (including phenoxy) is 1.